The summed E-state index contributed by atoms with van der Waals surface area (Å²) < 4.78 is 0. The second kappa shape index (κ2) is 4.98. The minimum Gasteiger partial charge on any atom is -0.351 e. The van der Waals surface area contributed by atoms with E-state index in [1.54, 1.807) is 18.5 Å². The zero-order chi connectivity index (χ0) is 14.4. The van der Waals surface area contributed by atoms with Gasteiger partial charge in [-0.25, -0.2) is 0 Å². The Balaban J connectivity index is 1.45. The van der Waals surface area contributed by atoms with Crippen LogP contribution in [-0.2, 0) is 0 Å². The Morgan fingerprint density at radius 2 is 1.86 bits per heavy atom. The van der Waals surface area contributed by atoms with Gasteiger partial charge in [0.2, 0.25) is 0 Å². The number of rotatable bonds is 3. The van der Waals surface area contributed by atoms with E-state index < -0.39 is 0 Å². The van der Waals surface area contributed by atoms with E-state index in [1.807, 2.05) is 0 Å². The van der Waals surface area contributed by atoms with Crippen LogP contribution in [0.2, 0.25) is 5.02 Å². The minimum atomic E-state index is -0.0798. The third-order valence-corrected chi connectivity index (χ3v) is 6.13. The fourth-order valence-corrected chi connectivity index (χ4v) is 5.61. The van der Waals surface area contributed by atoms with Gasteiger partial charge in [0.05, 0.1) is 10.6 Å². The van der Waals surface area contributed by atoms with Gasteiger partial charge in [0.25, 0.3) is 5.91 Å². The molecular weight excluding hydrogens is 284 g/mol. The molecule has 1 heterocycles. The van der Waals surface area contributed by atoms with Crippen molar-refractivity contribution in [2.24, 2.45) is 23.2 Å². The summed E-state index contributed by atoms with van der Waals surface area (Å²) in [4.78, 5) is 16.3. The van der Waals surface area contributed by atoms with Gasteiger partial charge in [-0.2, -0.15) is 0 Å². The number of nitrogens with one attached hydrogen (secondary N) is 1. The van der Waals surface area contributed by atoms with E-state index in [1.165, 1.54) is 38.5 Å². The monoisotopic (exact) mass is 304 g/mol. The van der Waals surface area contributed by atoms with Crippen LogP contribution in [0.5, 0.6) is 0 Å². The molecule has 1 aromatic rings. The highest BCUT2D eigenvalue weighted by Gasteiger charge is 2.50. The number of halogens is 1. The molecule has 0 unspecified atom stereocenters. The van der Waals surface area contributed by atoms with Crippen LogP contribution in [0.15, 0.2) is 18.5 Å². The Morgan fingerprint density at radius 3 is 2.43 bits per heavy atom. The predicted molar refractivity (Wildman–Crippen MR) is 82.2 cm³/mol. The molecule has 3 nitrogen and oxygen atoms in total. The zero-order valence-corrected chi connectivity index (χ0v) is 12.9. The molecule has 4 heteroatoms. The SMILES string of the molecule is O=C(NCC12CC3CC(CC(C3)C1)C2)c1cnccc1Cl. The van der Waals surface area contributed by atoms with Crippen molar-refractivity contribution in [3.05, 3.63) is 29.0 Å². The molecular formula is C17H21ClN2O. The molecule has 0 saturated heterocycles. The first-order valence-corrected chi connectivity index (χ1v) is 8.39. The summed E-state index contributed by atoms with van der Waals surface area (Å²) >= 11 is 6.07. The van der Waals surface area contributed by atoms with Gasteiger partial charge < -0.3 is 5.32 Å². The summed E-state index contributed by atoms with van der Waals surface area (Å²) in [5.74, 6) is 2.66. The lowest BCUT2D eigenvalue weighted by molar-refractivity contribution is -0.0503. The van der Waals surface area contributed by atoms with Crippen LogP contribution in [0.25, 0.3) is 0 Å². The highest BCUT2D eigenvalue weighted by molar-refractivity contribution is 6.33. The molecule has 1 amide bonds. The van der Waals surface area contributed by atoms with Crippen molar-refractivity contribution in [1.82, 2.24) is 10.3 Å². The fourth-order valence-electron chi connectivity index (χ4n) is 5.41. The van der Waals surface area contributed by atoms with Gasteiger partial charge >= 0.3 is 0 Å². The van der Waals surface area contributed by atoms with Crippen LogP contribution >= 0.6 is 11.6 Å². The van der Waals surface area contributed by atoms with Crippen LogP contribution in [0.4, 0.5) is 0 Å². The first-order valence-electron chi connectivity index (χ1n) is 8.01. The summed E-state index contributed by atoms with van der Waals surface area (Å²) in [6.07, 6.45) is 11.4. The lowest BCUT2D eigenvalue weighted by Gasteiger charge is -2.56. The second-order valence-corrected chi connectivity index (χ2v) is 7.86. The number of aromatic nitrogens is 1. The van der Waals surface area contributed by atoms with Crippen molar-refractivity contribution >= 4 is 17.5 Å². The normalized spacial score (nSPS) is 36.7. The van der Waals surface area contributed by atoms with Gasteiger partial charge in [-0.1, -0.05) is 11.6 Å². The Labute approximate surface area is 130 Å². The summed E-state index contributed by atoms with van der Waals surface area (Å²) in [7, 11) is 0. The van der Waals surface area contributed by atoms with Crippen molar-refractivity contribution < 1.29 is 4.79 Å². The fraction of sp³-hybridized carbons (Fsp3) is 0.647. The van der Waals surface area contributed by atoms with Crippen LogP contribution in [0.1, 0.15) is 48.9 Å². The Hall–Kier alpha value is -1.09. The molecule has 0 atom stereocenters. The maximum atomic E-state index is 12.3. The smallest absolute Gasteiger partial charge is 0.254 e. The third kappa shape index (κ3) is 2.46. The van der Waals surface area contributed by atoms with E-state index in [4.69, 9.17) is 11.6 Å². The van der Waals surface area contributed by atoms with E-state index in [0.29, 0.717) is 16.0 Å². The van der Waals surface area contributed by atoms with Crippen LogP contribution in [-0.4, -0.2) is 17.4 Å². The average molecular weight is 305 g/mol. The predicted octanol–water partition coefficient (Wildman–Crippen LogP) is 3.68. The number of hydrogen-bond acceptors (Lipinski definition) is 2. The van der Waals surface area contributed by atoms with E-state index in [-0.39, 0.29) is 5.91 Å². The maximum Gasteiger partial charge on any atom is 0.254 e. The molecule has 1 N–H and O–H groups in total. The van der Waals surface area contributed by atoms with E-state index >= 15 is 0 Å². The van der Waals surface area contributed by atoms with Crippen molar-refractivity contribution in [2.75, 3.05) is 6.54 Å². The highest BCUT2D eigenvalue weighted by atomic mass is 35.5. The van der Waals surface area contributed by atoms with Crippen molar-refractivity contribution in [1.29, 1.82) is 0 Å². The van der Waals surface area contributed by atoms with Crippen molar-refractivity contribution in [2.45, 2.75) is 38.5 Å². The Kier molecular flexibility index (Phi) is 3.21. The summed E-state index contributed by atoms with van der Waals surface area (Å²) in [5.41, 5.74) is 0.850. The highest BCUT2D eigenvalue weighted by Crippen LogP contribution is 2.59. The number of amides is 1. The summed E-state index contributed by atoms with van der Waals surface area (Å²) in [6, 6.07) is 1.67. The molecule has 0 aliphatic heterocycles. The number of hydrogen-bond donors (Lipinski definition) is 1. The molecule has 1 aromatic heterocycles. The van der Waals surface area contributed by atoms with E-state index in [0.717, 1.165) is 24.3 Å². The Morgan fingerprint density at radius 1 is 1.24 bits per heavy atom. The molecule has 21 heavy (non-hydrogen) atoms. The number of carbonyl (C=O) groups excluding carboxylic acids is 1. The largest absolute Gasteiger partial charge is 0.351 e. The van der Waals surface area contributed by atoms with E-state index in [2.05, 4.69) is 10.3 Å². The minimum absolute atomic E-state index is 0.0798. The lowest BCUT2D eigenvalue weighted by atomic mass is 9.49. The lowest BCUT2D eigenvalue weighted by Crippen LogP contribution is -2.51. The van der Waals surface area contributed by atoms with Gasteiger partial charge in [0, 0.05) is 18.9 Å². The van der Waals surface area contributed by atoms with Gasteiger partial charge in [-0.15, -0.1) is 0 Å². The number of carbonyl (C=O) groups is 1. The van der Waals surface area contributed by atoms with E-state index in [9.17, 15) is 4.79 Å². The molecule has 4 aliphatic rings. The van der Waals surface area contributed by atoms with Crippen molar-refractivity contribution in [3.63, 3.8) is 0 Å². The molecule has 112 valence electrons. The third-order valence-electron chi connectivity index (χ3n) is 5.80. The molecule has 0 spiro atoms. The molecule has 4 saturated carbocycles. The van der Waals surface area contributed by atoms with Crippen LogP contribution in [0, 0.1) is 23.2 Å². The van der Waals surface area contributed by atoms with Crippen LogP contribution in [0.3, 0.4) is 0 Å². The zero-order valence-electron chi connectivity index (χ0n) is 12.1. The number of pyridine rings is 1. The average Bonchev–Trinajstić information content (AvgIpc) is 2.44. The maximum absolute atomic E-state index is 12.3. The second-order valence-electron chi connectivity index (χ2n) is 7.46. The van der Waals surface area contributed by atoms with Crippen molar-refractivity contribution in [3.8, 4) is 0 Å². The molecule has 0 radical (unpaired) electrons. The number of nitrogens with zero attached hydrogens (tertiary/aromatic N) is 1. The van der Waals surface area contributed by atoms with Gasteiger partial charge in [0.1, 0.15) is 0 Å². The van der Waals surface area contributed by atoms with Gasteiger partial charge in [-0.05, 0) is 67.8 Å². The topological polar surface area (TPSA) is 42.0 Å². The molecule has 0 aromatic carbocycles. The first-order chi connectivity index (χ1) is 10.1. The van der Waals surface area contributed by atoms with Gasteiger partial charge in [0.15, 0.2) is 0 Å². The Bertz CT molecular complexity index is 536. The summed E-state index contributed by atoms with van der Waals surface area (Å²) in [5, 5.41) is 3.61. The van der Waals surface area contributed by atoms with Gasteiger partial charge in [-0.3, -0.25) is 9.78 Å². The summed E-state index contributed by atoms with van der Waals surface area (Å²) in [6.45, 7) is 0.806. The molecule has 4 aliphatic carbocycles. The molecule has 4 fully saturated rings. The molecule has 4 bridgehead atoms. The first kappa shape index (κ1) is 13.6. The standard InChI is InChI=1S/C17H21ClN2O/c18-15-1-2-19-9-14(15)16(21)20-10-17-6-11-3-12(7-17)5-13(4-11)8-17/h1-2,9,11-13H,3-8,10H2,(H,20,21). The quantitative estimate of drug-likeness (QED) is 0.925. The molecule has 5 rings (SSSR count). The van der Waals surface area contributed by atoms with Crippen LogP contribution < -0.4 is 5.32 Å².